The Morgan fingerprint density at radius 1 is 1.33 bits per heavy atom. The average molecular weight is 289 g/mol. The van der Waals surface area contributed by atoms with Crippen molar-refractivity contribution < 1.29 is 4.74 Å². The van der Waals surface area contributed by atoms with Crippen LogP contribution in [-0.2, 0) is 10.3 Å². The van der Waals surface area contributed by atoms with Gasteiger partial charge in [-0.1, -0.05) is 6.92 Å². The number of nitrogens with zero attached hydrogens (tertiary/aromatic N) is 5. The van der Waals surface area contributed by atoms with Crippen molar-refractivity contribution in [2.45, 2.75) is 45.8 Å². The number of rotatable bonds is 2. The van der Waals surface area contributed by atoms with Gasteiger partial charge in [0.2, 0.25) is 5.95 Å². The molecule has 6 heteroatoms. The fourth-order valence-corrected chi connectivity index (χ4v) is 2.60. The van der Waals surface area contributed by atoms with E-state index in [0.29, 0.717) is 0 Å². The van der Waals surface area contributed by atoms with Crippen LogP contribution < -0.4 is 4.90 Å². The van der Waals surface area contributed by atoms with Gasteiger partial charge in [-0.05, 0) is 27.2 Å². The molecule has 6 nitrogen and oxygen atoms in total. The lowest BCUT2D eigenvalue weighted by Gasteiger charge is -2.32. The highest BCUT2D eigenvalue weighted by atomic mass is 16.5. The molecule has 114 valence electrons. The minimum absolute atomic E-state index is 0.0929. The van der Waals surface area contributed by atoms with E-state index in [-0.39, 0.29) is 11.6 Å². The Bertz CT molecular complexity index is 631. The van der Waals surface area contributed by atoms with Crippen molar-refractivity contribution in [3.05, 3.63) is 12.4 Å². The molecular weight excluding hydrogens is 266 g/mol. The third-order valence-electron chi connectivity index (χ3n) is 3.81. The molecule has 0 aromatic carbocycles. The summed E-state index contributed by atoms with van der Waals surface area (Å²) in [7, 11) is 0. The van der Waals surface area contributed by atoms with E-state index in [1.807, 2.05) is 17.1 Å². The van der Waals surface area contributed by atoms with Gasteiger partial charge in [-0.25, -0.2) is 9.67 Å². The second-order valence-corrected chi connectivity index (χ2v) is 6.52. The number of ether oxygens (including phenoxy) is 1. The van der Waals surface area contributed by atoms with E-state index in [2.05, 4.69) is 42.7 Å². The van der Waals surface area contributed by atoms with Crippen LogP contribution in [0.4, 0.5) is 5.95 Å². The Kier molecular flexibility index (Phi) is 3.57. The Balaban J connectivity index is 1.96. The molecule has 0 spiro atoms. The normalized spacial score (nSPS) is 20.2. The molecule has 1 unspecified atom stereocenters. The number of morpholine rings is 1. The monoisotopic (exact) mass is 289 g/mol. The first-order valence-electron chi connectivity index (χ1n) is 7.57. The van der Waals surface area contributed by atoms with Gasteiger partial charge < -0.3 is 9.64 Å². The third-order valence-corrected chi connectivity index (χ3v) is 3.81. The van der Waals surface area contributed by atoms with Crippen molar-refractivity contribution in [1.29, 1.82) is 0 Å². The van der Waals surface area contributed by atoms with E-state index in [1.165, 1.54) is 0 Å². The van der Waals surface area contributed by atoms with Gasteiger partial charge in [0, 0.05) is 19.3 Å². The maximum absolute atomic E-state index is 5.71. The Labute approximate surface area is 125 Å². The number of fused-ring (bicyclic) bond motifs is 1. The van der Waals surface area contributed by atoms with Gasteiger partial charge >= 0.3 is 0 Å². The number of anilines is 1. The molecule has 1 atom stereocenters. The highest BCUT2D eigenvalue weighted by Gasteiger charge is 2.23. The molecule has 1 aliphatic heterocycles. The van der Waals surface area contributed by atoms with Crippen molar-refractivity contribution >= 4 is 17.0 Å². The van der Waals surface area contributed by atoms with Gasteiger partial charge in [-0.3, -0.25) is 0 Å². The molecule has 0 bridgehead atoms. The molecule has 21 heavy (non-hydrogen) atoms. The maximum atomic E-state index is 5.71. The van der Waals surface area contributed by atoms with Crippen molar-refractivity contribution in [1.82, 2.24) is 19.7 Å². The Hall–Kier alpha value is -1.69. The summed E-state index contributed by atoms with van der Waals surface area (Å²) in [5.74, 6) is 0.773. The van der Waals surface area contributed by atoms with Gasteiger partial charge in [-0.15, -0.1) is 0 Å². The third kappa shape index (κ3) is 2.72. The molecule has 1 fully saturated rings. The minimum atomic E-state index is -0.0929. The number of hydrogen-bond acceptors (Lipinski definition) is 5. The lowest BCUT2D eigenvalue weighted by atomic mass is 10.1. The largest absolute Gasteiger partial charge is 0.375 e. The van der Waals surface area contributed by atoms with Gasteiger partial charge in [0.25, 0.3) is 0 Å². The molecule has 1 aliphatic rings. The first kappa shape index (κ1) is 14.3. The zero-order chi connectivity index (χ0) is 15.0. The van der Waals surface area contributed by atoms with Crippen molar-refractivity contribution in [2.24, 2.45) is 0 Å². The molecule has 2 aromatic rings. The fourth-order valence-electron chi connectivity index (χ4n) is 2.60. The molecule has 0 aliphatic carbocycles. The predicted octanol–water partition coefficient (Wildman–Crippen LogP) is 2.20. The van der Waals surface area contributed by atoms with E-state index < -0.39 is 0 Å². The second kappa shape index (κ2) is 5.26. The SMILES string of the molecule is CCC1CN(c2ncc3cnn(C(C)(C)C)c3n2)CCO1. The number of hydrogen-bond donors (Lipinski definition) is 0. The van der Waals surface area contributed by atoms with Crippen LogP contribution in [0, 0.1) is 0 Å². The molecule has 0 N–H and O–H groups in total. The van der Waals surface area contributed by atoms with Crippen LogP contribution >= 0.6 is 0 Å². The van der Waals surface area contributed by atoms with Gasteiger partial charge in [0.05, 0.1) is 29.8 Å². The summed E-state index contributed by atoms with van der Waals surface area (Å²) in [6.45, 7) is 11.0. The van der Waals surface area contributed by atoms with Crippen LogP contribution in [0.25, 0.3) is 11.0 Å². The zero-order valence-electron chi connectivity index (χ0n) is 13.2. The van der Waals surface area contributed by atoms with E-state index in [9.17, 15) is 0 Å². The van der Waals surface area contributed by atoms with Crippen LogP contribution in [0.3, 0.4) is 0 Å². The van der Waals surface area contributed by atoms with E-state index in [1.54, 1.807) is 0 Å². The summed E-state index contributed by atoms with van der Waals surface area (Å²) in [6, 6.07) is 0. The van der Waals surface area contributed by atoms with E-state index in [0.717, 1.165) is 43.1 Å². The van der Waals surface area contributed by atoms with Gasteiger partial charge in [0.15, 0.2) is 5.65 Å². The second-order valence-electron chi connectivity index (χ2n) is 6.52. The molecular formula is C15H23N5O. The molecule has 3 heterocycles. The summed E-state index contributed by atoms with van der Waals surface area (Å²) < 4.78 is 7.68. The van der Waals surface area contributed by atoms with Crippen LogP contribution in [0.15, 0.2) is 12.4 Å². The highest BCUT2D eigenvalue weighted by molar-refractivity contribution is 5.74. The molecule has 3 rings (SSSR count). The van der Waals surface area contributed by atoms with E-state index >= 15 is 0 Å². The first-order valence-corrected chi connectivity index (χ1v) is 7.57. The molecule has 1 saturated heterocycles. The lowest BCUT2D eigenvalue weighted by molar-refractivity contribution is 0.0379. The lowest BCUT2D eigenvalue weighted by Crippen LogP contribution is -2.43. The van der Waals surface area contributed by atoms with Crippen molar-refractivity contribution in [2.75, 3.05) is 24.6 Å². The maximum Gasteiger partial charge on any atom is 0.227 e. The first-order chi connectivity index (χ1) is 9.99. The Morgan fingerprint density at radius 2 is 2.14 bits per heavy atom. The van der Waals surface area contributed by atoms with Gasteiger partial charge in [0.1, 0.15) is 0 Å². The zero-order valence-corrected chi connectivity index (χ0v) is 13.2. The quantitative estimate of drug-likeness (QED) is 0.848. The summed E-state index contributed by atoms with van der Waals surface area (Å²) in [6.07, 6.45) is 4.98. The van der Waals surface area contributed by atoms with Crippen LogP contribution in [0.5, 0.6) is 0 Å². The van der Waals surface area contributed by atoms with Crippen molar-refractivity contribution in [3.63, 3.8) is 0 Å². The van der Waals surface area contributed by atoms with Crippen LogP contribution in [-0.4, -0.2) is 45.5 Å². The smallest absolute Gasteiger partial charge is 0.227 e. The average Bonchev–Trinajstić information content (AvgIpc) is 2.90. The Morgan fingerprint density at radius 3 is 2.86 bits per heavy atom. The number of aromatic nitrogens is 4. The summed E-state index contributed by atoms with van der Waals surface area (Å²) in [5.41, 5.74) is 0.802. The van der Waals surface area contributed by atoms with Crippen molar-refractivity contribution in [3.8, 4) is 0 Å². The van der Waals surface area contributed by atoms with Crippen LogP contribution in [0.2, 0.25) is 0 Å². The van der Waals surface area contributed by atoms with Crippen LogP contribution in [0.1, 0.15) is 34.1 Å². The minimum Gasteiger partial charge on any atom is -0.375 e. The summed E-state index contributed by atoms with van der Waals surface area (Å²) in [5, 5.41) is 5.44. The summed E-state index contributed by atoms with van der Waals surface area (Å²) >= 11 is 0. The topological polar surface area (TPSA) is 56.1 Å². The predicted molar refractivity (Wildman–Crippen MR) is 82.6 cm³/mol. The van der Waals surface area contributed by atoms with Gasteiger partial charge in [-0.2, -0.15) is 10.1 Å². The summed E-state index contributed by atoms with van der Waals surface area (Å²) in [4.78, 5) is 11.5. The molecule has 0 saturated carbocycles. The standard InChI is InChI=1S/C15H23N5O/c1-5-12-10-19(6-7-21-12)14-16-8-11-9-17-20(13(11)18-14)15(2,3)4/h8-9,12H,5-7,10H2,1-4H3. The fraction of sp³-hybridized carbons (Fsp3) is 0.667. The molecule has 0 radical (unpaired) electrons. The molecule has 2 aromatic heterocycles. The van der Waals surface area contributed by atoms with E-state index in [4.69, 9.17) is 9.72 Å². The molecule has 0 amide bonds. The highest BCUT2D eigenvalue weighted by Crippen LogP contribution is 2.22.